The molecule has 4 amide bonds. The smallest absolute Gasteiger partial charge is 0.326 e. The zero-order chi connectivity index (χ0) is 23.8. The van der Waals surface area contributed by atoms with Gasteiger partial charge in [0.1, 0.15) is 5.75 Å². The fraction of sp³-hybridized carbons (Fsp3) is 0.174. The zero-order valence-electron chi connectivity index (χ0n) is 18.0. The summed E-state index contributed by atoms with van der Waals surface area (Å²) in [7, 11) is 0. The van der Waals surface area contributed by atoms with Crippen molar-refractivity contribution in [1.82, 2.24) is 15.3 Å². The Balaban J connectivity index is 1.63. The number of carbonyl (C=O) groups excluding carboxylic acids is 3. The number of halogens is 1. The number of carbonyl (C=O) groups is 3. The maximum absolute atomic E-state index is 12.6. The highest BCUT2D eigenvalue weighted by Gasteiger charge is 2.16. The Morgan fingerprint density at radius 1 is 1.03 bits per heavy atom. The number of hydrogen-bond donors (Lipinski definition) is 3. The number of para-hydroxylation sites is 1. The summed E-state index contributed by atoms with van der Waals surface area (Å²) in [5.74, 6) is -0.311. The normalized spacial score (nSPS) is 10.3. The Morgan fingerprint density at radius 2 is 1.76 bits per heavy atom. The van der Waals surface area contributed by atoms with Crippen molar-refractivity contribution in [3.63, 3.8) is 0 Å². The van der Waals surface area contributed by atoms with E-state index in [1.54, 1.807) is 55.7 Å². The summed E-state index contributed by atoms with van der Waals surface area (Å²) >= 11 is 3.26. The third kappa shape index (κ3) is 6.84. The highest BCUT2D eigenvalue weighted by Crippen LogP contribution is 2.25. The van der Waals surface area contributed by atoms with Gasteiger partial charge in [0.15, 0.2) is 0 Å². The fourth-order valence-corrected chi connectivity index (χ4v) is 3.06. The molecular formula is C23H22BrN5O4. The van der Waals surface area contributed by atoms with E-state index in [0.29, 0.717) is 30.0 Å². The van der Waals surface area contributed by atoms with Crippen molar-refractivity contribution in [1.29, 1.82) is 0 Å². The SMILES string of the molecule is CCCC(=O)Nc1ccccc1C(=O)NC(=O)Nc1ccc(Oc2ncc(Br)cn2)c(C)c1. The summed E-state index contributed by atoms with van der Waals surface area (Å²) in [5.41, 5.74) is 1.72. The highest BCUT2D eigenvalue weighted by atomic mass is 79.9. The second-order valence-electron chi connectivity index (χ2n) is 7.02. The monoisotopic (exact) mass is 511 g/mol. The minimum atomic E-state index is -0.709. The summed E-state index contributed by atoms with van der Waals surface area (Å²) in [6.45, 7) is 3.69. The van der Waals surface area contributed by atoms with E-state index in [4.69, 9.17) is 4.74 Å². The van der Waals surface area contributed by atoms with Gasteiger partial charge in [-0.3, -0.25) is 14.9 Å². The third-order valence-electron chi connectivity index (χ3n) is 4.38. The molecule has 9 nitrogen and oxygen atoms in total. The summed E-state index contributed by atoms with van der Waals surface area (Å²) in [6.07, 6.45) is 4.16. The van der Waals surface area contributed by atoms with Crippen LogP contribution in [-0.4, -0.2) is 27.8 Å². The van der Waals surface area contributed by atoms with Gasteiger partial charge in [-0.15, -0.1) is 0 Å². The van der Waals surface area contributed by atoms with Crippen LogP contribution >= 0.6 is 15.9 Å². The van der Waals surface area contributed by atoms with Crippen LogP contribution in [0.5, 0.6) is 11.8 Å². The van der Waals surface area contributed by atoms with Gasteiger partial charge in [0.2, 0.25) is 5.91 Å². The Bertz CT molecular complexity index is 1170. The standard InChI is InChI=1S/C23H22BrN5O4/c1-3-6-20(30)28-18-8-5-4-7-17(18)21(31)29-22(32)27-16-9-10-19(14(2)11-16)33-23-25-12-15(24)13-26-23/h4-5,7-13H,3,6H2,1-2H3,(H,28,30)(H2,27,29,31,32). The predicted molar refractivity (Wildman–Crippen MR) is 127 cm³/mol. The highest BCUT2D eigenvalue weighted by molar-refractivity contribution is 9.10. The first kappa shape index (κ1) is 23.9. The lowest BCUT2D eigenvalue weighted by molar-refractivity contribution is -0.116. The fourth-order valence-electron chi connectivity index (χ4n) is 2.86. The quantitative estimate of drug-likeness (QED) is 0.408. The van der Waals surface area contributed by atoms with Crippen LogP contribution in [0.25, 0.3) is 0 Å². The molecule has 0 saturated heterocycles. The van der Waals surface area contributed by atoms with Gasteiger partial charge >= 0.3 is 12.0 Å². The minimum absolute atomic E-state index is 0.187. The van der Waals surface area contributed by atoms with E-state index in [9.17, 15) is 14.4 Å². The van der Waals surface area contributed by atoms with Gasteiger partial charge in [-0.25, -0.2) is 14.8 Å². The first-order valence-electron chi connectivity index (χ1n) is 10.1. The number of benzene rings is 2. The van der Waals surface area contributed by atoms with Crippen molar-refractivity contribution >= 4 is 45.2 Å². The van der Waals surface area contributed by atoms with Crippen LogP contribution < -0.4 is 20.7 Å². The lowest BCUT2D eigenvalue weighted by Gasteiger charge is -2.12. The molecule has 33 heavy (non-hydrogen) atoms. The number of urea groups is 1. The number of anilines is 2. The molecule has 0 saturated carbocycles. The molecule has 0 spiro atoms. The van der Waals surface area contributed by atoms with E-state index in [1.807, 2.05) is 6.92 Å². The van der Waals surface area contributed by atoms with Gasteiger partial charge in [-0.1, -0.05) is 19.1 Å². The summed E-state index contributed by atoms with van der Waals surface area (Å²) in [6, 6.07) is 11.0. The number of rotatable bonds is 7. The average Bonchev–Trinajstić information content (AvgIpc) is 2.77. The maximum Gasteiger partial charge on any atom is 0.326 e. The van der Waals surface area contributed by atoms with Crippen molar-refractivity contribution in [3.05, 3.63) is 70.5 Å². The Hall–Kier alpha value is -3.79. The molecule has 1 heterocycles. The van der Waals surface area contributed by atoms with Crippen LogP contribution in [-0.2, 0) is 4.79 Å². The zero-order valence-corrected chi connectivity index (χ0v) is 19.6. The van der Waals surface area contributed by atoms with Gasteiger partial charge < -0.3 is 15.4 Å². The summed E-state index contributed by atoms with van der Waals surface area (Å²) < 4.78 is 6.38. The molecule has 3 aromatic rings. The second-order valence-corrected chi connectivity index (χ2v) is 7.93. The molecule has 0 bridgehead atoms. The van der Waals surface area contributed by atoms with Crippen LogP contribution in [0, 0.1) is 6.92 Å². The van der Waals surface area contributed by atoms with Crippen molar-refractivity contribution in [2.45, 2.75) is 26.7 Å². The number of aryl methyl sites for hydroxylation is 1. The largest absolute Gasteiger partial charge is 0.424 e. The van der Waals surface area contributed by atoms with Crippen LogP contribution in [0.4, 0.5) is 16.2 Å². The second kappa shape index (κ2) is 11.2. The van der Waals surface area contributed by atoms with Crippen LogP contribution in [0.2, 0.25) is 0 Å². The first-order valence-corrected chi connectivity index (χ1v) is 10.9. The minimum Gasteiger partial charge on any atom is -0.424 e. The van der Waals surface area contributed by atoms with Gasteiger partial charge in [-0.05, 0) is 65.2 Å². The van der Waals surface area contributed by atoms with Crippen molar-refractivity contribution in [2.75, 3.05) is 10.6 Å². The summed E-state index contributed by atoms with van der Waals surface area (Å²) in [4.78, 5) is 45.0. The number of hydrogen-bond acceptors (Lipinski definition) is 6. The number of imide groups is 1. The van der Waals surface area contributed by atoms with E-state index in [1.165, 1.54) is 6.07 Å². The molecule has 170 valence electrons. The molecule has 1 aromatic heterocycles. The topological polar surface area (TPSA) is 122 Å². The van der Waals surface area contributed by atoms with E-state index in [0.717, 1.165) is 10.0 Å². The molecule has 10 heteroatoms. The maximum atomic E-state index is 12.6. The number of nitrogens with zero attached hydrogens (tertiary/aromatic N) is 2. The number of ether oxygens (including phenoxy) is 1. The lowest BCUT2D eigenvalue weighted by atomic mass is 10.1. The molecular weight excluding hydrogens is 490 g/mol. The molecule has 0 atom stereocenters. The van der Waals surface area contributed by atoms with Crippen molar-refractivity contribution < 1.29 is 19.1 Å². The molecule has 0 unspecified atom stereocenters. The third-order valence-corrected chi connectivity index (χ3v) is 4.79. The lowest BCUT2D eigenvalue weighted by Crippen LogP contribution is -2.35. The molecule has 3 rings (SSSR count). The van der Waals surface area contributed by atoms with Crippen LogP contribution in [0.1, 0.15) is 35.7 Å². The van der Waals surface area contributed by atoms with E-state index in [2.05, 4.69) is 41.8 Å². The van der Waals surface area contributed by atoms with Gasteiger partial charge in [0, 0.05) is 24.5 Å². The molecule has 0 aliphatic carbocycles. The molecule has 0 aliphatic heterocycles. The Morgan fingerprint density at radius 3 is 2.45 bits per heavy atom. The van der Waals surface area contributed by atoms with Crippen LogP contribution in [0.3, 0.4) is 0 Å². The van der Waals surface area contributed by atoms with E-state index >= 15 is 0 Å². The molecule has 2 aromatic carbocycles. The van der Waals surface area contributed by atoms with Crippen molar-refractivity contribution in [2.24, 2.45) is 0 Å². The molecule has 0 fully saturated rings. The predicted octanol–water partition coefficient (Wildman–Crippen LogP) is 5.04. The van der Waals surface area contributed by atoms with E-state index in [-0.39, 0.29) is 17.5 Å². The molecule has 3 N–H and O–H groups in total. The average molecular weight is 512 g/mol. The van der Waals surface area contributed by atoms with Crippen molar-refractivity contribution in [3.8, 4) is 11.8 Å². The number of amides is 4. The first-order chi connectivity index (χ1) is 15.9. The number of nitrogens with one attached hydrogen (secondary N) is 3. The molecule has 0 radical (unpaired) electrons. The Labute approximate surface area is 199 Å². The van der Waals surface area contributed by atoms with Gasteiger partial charge in [0.25, 0.3) is 5.91 Å². The van der Waals surface area contributed by atoms with E-state index < -0.39 is 11.9 Å². The van der Waals surface area contributed by atoms with Gasteiger partial charge in [0.05, 0.1) is 15.7 Å². The summed E-state index contributed by atoms with van der Waals surface area (Å²) in [5, 5.41) is 7.58. The van der Waals surface area contributed by atoms with Crippen LogP contribution in [0.15, 0.2) is 59.3 Å². The molecule has 0 aliphatic rings. The van der Waals surface area contributed by atoms with Gasteiger partial charge in [-0.2, -0.15) is 0 Å². The number of aromatic nitrogens is 2. The Kier molecular flexibility index (Phi) is 8.09.